The zero-order chi connectivity index (χ0) is 17.5. The summed E-state index contributed by atoms with van der Waals surface area (Å²) < 4.78 is 5.67. The summed E-state index contributed by atoms with van der Waals surface area (Å²) in [7, 11) is 1.33. The molecule has 6 heteroatoms. The van der Waals surface area contributed by atoms with Gasteiger partial charge in [-0.1, -0.05) is 34.1 Å². The Labute approximate surface area is 149 Å². The van der Waals surface area contributed by atoms with Gasteiger partial charge in [-0.05, 0) is 42.8 Å². The van der Waals surface area contributed by atoms with Crippen molar-refractivity contribution in [3.8, 4) is 0 Å². The van der Waals surface area contributed by atoms with Gasteiger partial charge in [-0.15, -0.1) is 0 Å². The van der Waals surface area contributed by atoms with Crippen molar-refractivity contribution in [2.45, 2.75) is 13.0 Å². The number of halogens is 1. The summed E-state index contributed by atoms with van der Waals surface area (Å²) in [6.07, 6.45) is 0. The van der Waals surface area contributed by atoms with Gasteiger partial charge in [0.05, 0.1) is 25.3 Å². The third kappa shape index (κ3) is 5.09. The van der Waals surface area contributed by atoms with E-state index in [1.54, 1.807) is 24.3 Å². The molecule has 0 saturated heterocycles. The number of ether oxygens (including phenoxy) is 1. The van der Waals surface area contributed by atoms with Crippen LogP contribution < -0.4 is 10.6 Å². The fourth-order valence-corrected chi connectivity index (χ4v) is 2.45. The van der Waals surface area contributed by atoms with Crippen molar-refractivity contribution in [1.29, 1.82) is 0 Å². The van der Waals surface area contributed by atoms with E-state index in [9.17, 15) is 9.59 Å². The summed E-state index contributed by atoms with van der Waals surface area (Å²) in [4.78, 5) is 23.6. The molecule has 1 amide bonds. The predicted octanol–water partition coefficient (Wildman–Crippen LogP) is 3.53. The van der Waals surface area contributed by atoms with Crippen LogP contribution in [-0.2, 0) is 9.53 Å². The topological polar surface area (TPSA) is 67.4 Å². The highest BCUT2D eigenvalue weighted by Gasteiger charge is 2.10. The van der Waals surface area contributed by atoms with Crippen LogP contribution in [0.15, 0.2) is 53.0 Å². The van der Waals surface area contributed by atoms with Crippen LogP contribution >= 0.6 is 15.9 Å². The first kappa shape index (κ1) is 18.0. The molecule has 2 aromatic rings. The number of hydrogen-bond donors (Lipinski definition) is 2. The van der Waals surface area contributed by atoms with Gasteiger partial charge in [0, 0.05) is 10.2 Å². The van der Waals surface area contributed by atoms with E-state index in [-0.39, 0.29) is 18.5 Å². The van der Waals surface area contributed by atoms with Gasteiger partial charge in [-0.3, -0.25) is 4.79 Å². The van der Waals surface area contributed by atoms with Crippen LogP contribution in [0.1, 0.15) is 28.9 Å². The first-order valence-electron chi connectivity index (χ1n) is 7.46. The molecular weight excluding hydrogens is 372 g/mol. The fourth-order valence-electron chi connectivity index (χ4n) is 2.18. The van der Waals surface area contributed by atoms with Gasteiger partial charge in [0.1, 0.15) is 0 Å². The van der Waals surface area contributed by atoms with Crippen LogP contribution in [-0.4, -0.2) is 25.5 Å². The molecule has 0 aliphatic carbocycles. The van der Waals surface area contributed by atoms with Crippen molar-refractivity contribution in [3.05, 3.63) is 64.1 Å². The minimum Gasteiger partial charge on any atom is -0.465 e. The van der Waals surface area contributed by atoms with Gasteiger partial charge in [0.25, 0.3) is 0 Å². The maximum Gasteiger partial charge on any atom is 0.337 e. The van der Waals surface area contributed by atoms with Gasteiger partial charge < -0.3 is 15.4 Å². The second kappa shape index (κ2) is 8.49. The lowest BCUT2D eigenvalue weighted by Gasteiger charge is -2.15. The highest BCUT2D eigenvalue weighted by atomic mass is 79.9. The third-order valence-electron chi connectivity index (χ3n) is 3.48. The Bertz CT molecular complexity index is 716. The number of methoxy groups -OCH3 is 1. The van der Waals surface area contributed by atoms with E-state index in [2.05, 4.69) is 31.3 Å². The molecule has 0 aliphatic rings. The molecule has 1 atom stereocenters. The normalized spacial score (nSPS) is 11.5. The molecule has 0 heterocycles. The summed E-state index contributed by atoms with van der Waals surface area (Å²) in [6, 6.07) is 14.5. The molecule has 0 spiro atoms. The molecule has 24 heavy (non-hydrogen) atoms. The maximum absolute atomic E-state index is 12.1. The smallest absolute Gasteiger partial charge is 0.337 e. The van der Waals surface area contributed by atoms with Crippen molar-refractivity contribution in [2.75, 3.05) is 19.0 Å². The monoisotopic (exact) mass is 390 g/mol. The van der Waals surface area contributed by atoms with E-state index in [4.69, 9.17) is 0 Å². The molecule has 0 fully saturated rings. The lowest BCUT2D eigenvalue weighted by atomic mass is 10.1. The minimum atomic E-state index is -0.410. The van der Waals surface area contributed by atoms with Crippen LogP contribution in [0.2, 0.25) is 0 Å². The van der Waals surface area contributed by atoms with Crippen molar-refractivity contribution < 1.29 is 14.3 Å². The van der Waals surface area contributed by atoms with Crippen LogP contribution in [0.5, 0.6) is 0 Å². The molecule has 2 N–H and O–H groups in total. The van der Waals surface area contributed by atoms with Gasteiger partial charge >= 0.3 is 5.97 Å². The molecule has 0 saturated carbocycles. The van der Waals surface area contributed by atoms with Crippen molar-refractivity contribution in [3.63, 3.8) is 0 Å². The first-order valence-corrected chi connectivity index (χ1v) is 8.26. The van der Waals surface area contributed by atoms with Gasteiger partial charge in [-0.25, -0.2) is 4.79 Å². The molecule has 1 unspecified atom stereocenters. The lowest BCUT2D eigenvalue weighted by Crippen LogP contribution is -2.32. The molecule has 2 rings (SSSR count). The number of rotatable bonds is 6. The maximum atomic E-state index is 12.1. The molecular formula is C18H19BrN2O3. The van der Waals surface area contributed by atoms with E-state index >= 15 is 0 Å². The summed E-state index contributed by atoms with van der Waals surface area (Å²) in [5.41, 5.74) is 2.15. The van der Waals surface area contributed by atoms with E-state index in [1.165, 1.54) is 7.11 Å². The molecule has 0 aromatic heterocycles. The number of carbonyl (C=O) groups excluding carboxylic acids is 2. The number of hydrogen-bond acceptors (Lipinski definition) is 4. The standard InChI is InChI=1S/C18H19BrN2O3/c1-12(13-6-8-15(19)9-7-13)21-17(22)11-20-16-5-3-4-14(10-16)18(23)24-2/h3-10,12,20H,11H2,1-2H3,(H,21,22). The Morgan fingerprint density at radius 2 is 1.88 bits per heavy atom. The number of nitrogens with one attached hydrogen (secondary N) is 2. The fraction of sp³-hybridized carbons (Fsp3) is 0.222. The molecule has 0 aliphatic heterocycles. The van der Waals surface area contributed by atoms with Crippen molar-refractivity contribution in [1.82, 2.24) is 5.32 Å². The molecule has 126 valence electrons. The van der Waals surface area contributed by atoms with E-state index in [0.29, 0.717) is 11.3 Å². The third-order valence-corrected chi connectivity index (χ3v) is 4.01. The predicted molar refractivity (Wildman–Crippen MR) is 97.0 cm³/mol. The zero-order valence-electron chi connectivity index (χ0n) is 13.5. The van der Waals surface area contributed by atoms with E-state index in [1.807, 2.05) is 31.2 Å². The molecule has 0 radical (unpaired) electrons. The van der Waals surface area contributed by atoms with Crippen LogP contribution in [0.3, 0.4) is 0 Å². The lowest BCUT2D eigenvalue weighted by molar-refractivity contribution is -0.120. The van der Waals surface area contributed by atoms with Gasteiger partial charge in [0.2, 0.25) is 5.91 Å². The molecule has 5 nitrogen and oxygen atoms in total. The number of amides is 1. The van der Waals surface area contributed by atoms with E-state index < -0.39 is 5.97 Å². The Morgan fingerprint density at radius 3 is 2.54 bits per heavy atom. The van der Waals surface area contributed by atoms with Gasteiger partial charge in [0.15, 0.2) is 0 Å². The van der Waals surface area contributed by atoms with Crippen LogP contribution in [0, 0.1) is 0 Å². The Morgan fingerprint density at radius 1 is 1.17 bits per heavy atom. The largest absolute Gasteiger partial charge is 0.465 e. The Balaban J connectivity index is 1.89. The summed E-state index contributed by atoms with van der Waals surface area (Å²) in [5, 5.41) is 5.93. The SMILES string of the molecule is COC(=O)c1cccc(NCC(=O)NC(C)c2ccc(Br)cc2)c1. The Hall–Kier alpha value is -2.34. The summed E-state index contributed by atoms with van der Waals surface area (Å²) in [6.45, 7) is 2.05. The minimum absolute atomic E-state index is 0.0891. The van der Waals surface area contributed by atoms with Crippen molar-refractivity contribution >= 4 is 33.5 Å². The highest BCUT2D eigenvalue weighted by Crippen LogP contribution is 2.16. The quantitative estimate of drug-likeness (QED) is 0.740. The second-order valence-corrected chi connectivity index (χ2v) is 6.18. The number of anilines is 1. The zero-order valence-corrected chi connectivity index (χ0v) is 15.1. The second-order valence-electron chi connectivity index (χ2n) is 5.27. The first-order chi connectivity index (χ1) is 11.5. The molecule has 2 aromatic carbocycles. The Kier molecular flexibility index (Phi) is 6.37. The average Bonchev–Trinajstić information content (AvgIpc) is 2.60. The molecule has 0 bridgehead atoms. The van der Waals surface area contributed by atoms with Crippen LogP contribution in [0.25, 0.3) is 0 Å². The number of benzene rings is 2. The summed E-state index contributed by atoms with van der Waals surface area (Å²) in [5.74, 6) is -0.541. The highest BCUT2D eigenvalue weighted by molar-refractivity contribution is 9.10. The van der Waals surface area contributed by atoms with E-state index in [0.717, 1.165) is 10.0 Å². The number of esters is 1. The van der Waals surface area contributed by atoms with Crippen molar-refractivity contribution in [2.24, 2.45) is 0 Å². The van der Waals surface area contributed by atoms with Crippen LogP contribution in [0.4, 0.5) is 5.69 Å². The average molecular weight is 391 g/mol. The number of carbonyl (C=O) groups is 2. The summed E-state index contributed by atoms with van der Waals surface area (Å²) >= 11 is 3.39. The van der Waals surface area contributed by atoms with Gasteiger partial charge in [-0.2, -0.15) is 0 Å².